The topological polar surface area (TPSA) is 85.6 Å². The Kier molecular flexibility index (Phi) is 4.73. The molecule has 0 aliphatic carbocycles. The van der Waals surface area contributed by atoms with Crippen molar-refractivity contribution in [2.24, 2.45) is 0 Å². The Balaban J connectivity index is 2.14. The molecule has 0 unspecified atom stereocenters. The molecule has 0 radical (unpaired) electrons. The van der Waals surface area contributed by atoms with Gasteiger partial charge in [0.15, 0.2) is 11.5 Å². The molecular weight excluding hydrogens is 286 g/mol. The molecule has 0 atom stereocenters. The van der Waals surface area contributed by atoms with Crippen LogP contribution in [0, 0.1) is 6.92 Å². The molecule has 1 aromatic heterocycles. The largest absolute Gasteiger partial charge is 0.459 e. The fourth-order valence-corrected chi connectivity index (χ4v) is 1.73. The summed E-state index contributed by atoms with van der Waals surface area (Å²) in [5, 5.41) is 2.67. The van der Waals surface area contributed by atoms with Crippen LogP contribution in [0.5, 0.6) is 0 Å². The molecule has 0 saturated carbocycles. The number of nitrogens with one attached hydrogen (secondary N) is 1. The van der Waals surface area contributed by atoms with Gasteiger partial charge in [-0.1, -0.05) is 6.07 Å². The van der Waals surface area contributed by atoms with E-state index < -0.39 is 11.9 Å². The van der Waals surface area contributed by atoms with Gasteiger partial charge in [-0.15, -0.1) is 0 Å². The number of anilines is 1. The summed E-state index contributed by atoms with van der Waals surface area (Å²) in [5.41, 5.74) is 1.50. The number of aryl methyl sites for hydroxylation is 1. The van der Waals surface area contributed by atoms with Gasteiger partial charge in [0.1, 0.15) is 6.61 Å². The van der Waals surface area contributed by atoms with Crippen molar-refractivity contribution >= 4 is 23.3 Å². The zero-order chi connectivity index (χ0) is 16.1. The van der Waals surface area contributed by atoms with Crippen LogP contribution in [0.15, 0.2) is 41.0 Å². The molecule has 114 valence electrons. The van der Waals surface area contributed by atoms with E-state index in [1.807, 2.05) is 0 Å². The summed E-state index contributed by atoms with van der Waals surface area (Å²) < 4.78 is 9.85. The van der Waals surface area contributed by atoms with Gasteiger partial charge in [-0.05, 0) is 43.7 Å². The summed E-state index contributed by atoms with van der Waals surface area (Å²) in [5.74, 6) is -1.11. The molecule has 1 aromatic carbocycles. The number of benzene rings is 1. The van der Waals surface area contributed by atoms with E-state index in [2.05, 4.69) is 5.32 Å². The van der Waals surface area contributed by atoms with Crippen LogP contribution >= 0.6 is 0 Å². The van der Waals surface area contributed by atoms with Crippen LogP contribution < -0.4 is 5.32 Å². The van der Waals surface area contributed by atoms with E-state index in [0.717, 1.165) is 5.56 Å². The molecule has 6 nitrogen and oxygen atoms in total. The van der Waals surface area contributed by atoms with Gasteiger partial charge in [0.05, 0.1) is 11.8 Å². The summed E-state index contributed by atoms with van der Waals surface area (Å²) in [6, 6.07) is 7.90. The lowest BCUT2D eigenvalue weighted by molar-refractivity contribution is -0.120. The smallest absolute Gasteiger partial charge is 0.338 e. The minimum atomic E-state index is -0.622. The third-order valence-corrected chi connectivity index (χ3v) is 2.87. The average molecular weight is 301 g/mol. The van der Waals surface area contributed by atoms with Gasteiger partial charge in [-0.3, -0.25) is 9.59 Å². The molecule has 0 saturated heterocycles. The maximum atomic E-state index is 12.0. The molecule has 1 N–H and O–H groups in total. The highest BCUT2D eigenvalue weighted by Crippen LogP contribution is 2.19. The van der Waals surface area contributed by atoms with Crippen molar-refractivity contribution in [3.05, 3.63) is 53.5 Å². The minimum Gasteiger partial charge on any atom is -0.459 e. The van der Waals surface area contributed by atoms with Crippen LogP contribution in [-0.4, -0.2) is 24.3 Å². The molecule has 2 aromatic rings. The minimum absolute atomic E-state index is 0.170. The van der Waals surface area contributed by atoms with E-state index in [1.54, 1.807) is 25.1 Å². The summed E-state index contributed by atoms with van der Waals surface area (Å²) in [7, 11) is 0. The van der Waals surface area contributed by atoms with Gasteiger partial charge >= 0.3 is 5.97 Å². The molecule has 0 bridgehead atoms. The number of ether oxygens (including phenoxy) is 1. The number of carbonyl (C=O) groups is 3. The van der Waals surface area contributed by atoms with E-state index in [-0.39, 0.29) is 23.7 Å². The predicted molar refractivity (Wildman–Crippen MR) is 78.8 cm³/mol. The maximum absolute atomic E-state index is 12.0. The van der Waals surface area contributed by atoms with E-state index in [1.165, 1.54) is 25.3 Å². The predicted octanol–water partition coefficient (Wildman–Crippen LogP) is 2.59. The fraction of sp³-hybridized carbons (Fsp3) is 0.188. The second-order valence-electron chi connectivity index (χ2n) is 4.74. The van der Waals surface area contributed by atoms with Crippen LogP contribution in [0.4, 0.5) is 5.69 Å². The highest BCUT2D eigenvalue weighted by atomic mass is 16.5. The molecule has 0 spiro atoms. The molecule has 6 heteroatoms. The number of amides is 1. The van der Waals surface area contributed by atoms with Gasteiger partial charge in [0, 0.05) is 5.69 Å². The Morgan fingerprint density at radius 3 is 2.64 bits per heavy atom. The molecule has 22 heavy (non-hydrogen) atoms. The normalized spacial score (nSPS) is 10.1. The Hall–Kier alpha value is -2.89. The third kappa shape index (κ3) is 3.82. The van der Waals surface area contributed by atoms with E-state index in [4.69, 9.17) is 9.15 Å². The zero-order valence-corrected chi connectivity index (χ0v) is 12.2. The van der Waals surface area contributed by atoms with Gasteiger partial charge in [-0.2, -0.15) is 0 Å². The number of hydrogen-bond acceptors (Lipinski definition) is 5. The third-order valence-electron chi connectivity index (χ3n) is 2.87. The Morgan fingerprint density at radius 1 is 1.23 bits per heavy atom. The number of carbonyl (C=O) groups excluding carboxylic acids is 3. The summed E-state index contributed by atoms with van der Waals surface area (Å²) >= 11 is 0. The zero-order valence-electron chi connectivity index (χ0n) is 12.2. The number of hydrogen-bond donors (Lipinski definition) is 1. The molecule has 1 heterocycles. The first-order valence-electron chi connectivity index (χ1n) is 6.59. The lowest BCUT2D eigenvalue weighted by Crippen LogP contribution is -2.14. The maximum Gasteiger partial charge on any atom is 0.338 e. The quantitative estimate of drug-likeness (QED) is 0.858. The Labute approximate surface area is 127 Å². The van der Waals surface area contributed by atoms with Crippen LogP contribution in [0.3, 0.4) is 0 Å². The fourth-order valence-electron chi connectivity index (χ4n) is 1.73. The van der Waals surface area contributed by atoms with E-state index in [0.29, 0.717) is 5.69 Å². The van der Waals surface area contributed by atoms with Crippen LogP contribution in [0.2, 0.25) is 0 Å². The van der Waals surface area contributed by atoms with Crippen molar-refractivity contribution in [3.63, 3.8) is 0 Å². The summed E-state index contributed by atoms with van der Waals surface area (Å²) in [6.45, 7) is 2.85. The number of rotatable bonds is 5. The highest BCUT2D eigenvalue weighted by molar-refractivity contribution is 6.03. The van der Waals surface area contributed by atoms with Crippen molar-refractivity contribution in [3.8, 4) is 0 Å². The molecule has 0 aliphatic rings. The molecular formula is C16H15NO5. The lowest BCUT2D eigenvalue weighted by atomic mass is 10.1. The molecule has 1 amide bonds. The van der Waals surface area contributed by atoms with Crippen molar-refractivity contribution < 1.29 is 23.5 Å². The number of Topliss-reactive ketones (excluding diaryl/α,β-unsaturated/α-hetero) is 1. The number of esters is 1. The van der Waals surface area contributed by atoms with Gasteiger partial charge < -0.3 is 14.5 Å². The summed E-state index contributed by atoms with van der Waals surface area (Å²) in [6.07, 6.45) is 1.40. The molecule has 2 rings (SSSR count). The standard InChI is InChI=1S/C16H15NO5/c1-10-5-6-12(16(20)22-9-11(2)18)8-13(10)17-15(19)14-4-3-7-21-14/h3-8H,9H2,1-2H3,(H,17,19). The average Bonchev–Trinajstić information content (AvgIpc) is 3.01. The van der Waals surface area contributed by atoms with Gasteiger partial charge in [0.25, 0.3) is 5.91 Å². The monoisotopic (exact) mass is 301 g/mol. The first-order chi connectivity index (χ1) is 10.5. The Bertz CT molecular complexity index is 703. The van der Waals surface area contributed by atoms with Crippen LogP contribution in [-0.2, 0) is 9.53 Å². The Morgan fingerprint density at radius 2 is 2.00 bits per heavy atom. The first-order valence-corrected chi connectivity index (χ1v) is 6.59. The van der Waals surface area contributed by atoms with Crippen molar-refractivity contribution in [2.75, 3.05) is 11.9 Å². The van der Waals surface area contributed by atoms with Gasteiger partial charge in [-0.25, -0.2) is 4.79 Å². The second-order valence-corrected chi connectivity index (χ2v) is 4.74. The summed E-state index contributed by atoms with van der Waals surface area (Å²) in [4.78, 5) is 34.6. The lowest BCUT2D eigenvalue weighted by Gasteiger charge is -2.09. The molecule has 0 fully saturated rings. The highest BCUT2D eigenvalue weighted by Gasteiger charge is 2.14. The van der Waals surface area contributed by atoms with E-state index in [9.17, 15) is 14.4 Å². The first kappa shape index (κ1) is 15.5. The SMILES string of the molecule is CC(=O)COC(=O)c1ccc(C)c(NC(=O)c2ccco2)c1. The van der Waals surface area contributed by atoms with Crippen molar-refractivity contribution in [1.82, 2.24) is 0 Å². The van der Waals surface area contributed by atoms with Crippen molar-refractivity contribution in [1.29, 1.82) is 0 Å². The molecule has 0 aliphatic heterocycles. The van der Waals surface area contributed by atoms with Crippen LogP contribution in [0.1, 0.15) is 33.4 Å². The second kappa shape index (κ2) is 6.71. The van der Waals surface area contributed by atoms with E-state index >= 15 is 0 Å². The van der Waals surface area contributed by atoms with Crippen LogP contribution in [0.25, 0.3) is 0 Å². The van der Waals surface area contributed by atoms with Gasteiger partial charge in [0.2, 0.25) is 0 Å². The number of ketones is 1. The number of furan rings is 1. The van der Waals surface area contributed by atoms with Crippen molar-refractivity contribution in [2.45, 2.75) is 13.8 Å².